The van der Waals surface area contributed by atoms with Gasteiger partial charge >= 0.3 is 0 Å². The Morgan fingerprint density at radius 1 is 1.06 bits per heavy atom. The van der Waals surface area contributed by atoms with E-state index in [0.717, 1.165) is 6.42 Å². The maximum Gasteiger partial charge on any atom is 0.0774 e. The van der Waals surface area contributed by atoms with Crippen molar-refractivity contribution in [3.05, 3.63) is 0 Å². The molecule has 2 nitrogen and oxygen atoms in total. The number of rotatable bonds is 8. The van der Waals surface area contributed by atoms with Crippen LogP contribution in [0, 0.1) is 5.41 Å². The van der Waals surface area contributed by atoms with E-state index < -0.39 is 0 Å². The zero-order valence-corrected chi connectivity index (χ0v) is 12.8. The number of unbranched alkanes of at least 4 members (excludes halogenated alkanes) is 3. The highest BCUT2D eigenvalue weighted by Crippen LogP contribution is 2.26. The summed E-state index contributed by atoms with van der Waals surface area (Å²) in [6, 6.07) is 0.0908. The van der Waals surface area contributed by atoms with Crippen LogP contribution in [0.2, 0.25) is 0 Å². The lowest BCUT2D eigenvalue weighted by Crippen LogP contribution is -2.45. The molecule has 3 atom stereocenters. The van der Waals surface area contributed by atoms with Gasteiger partial charge in [-0.25, -0.2) is 0 Å². The second-order valence-corrected chi connectivity index (χ2v) is 6.44. The quantitative estimate of drug-likeness (QED) is 0.651. The molecule has 0 aromatic carbocycles. The molecule has 0 aliphatic heterocycles. The summed E-state index contributed by atoms with van der Waals surface area (Å²) in [5.74, 6) is 0. The van der Waals surface area contributed by atoms with E-state index in [1.807, 2.05) is 6.92 Å². The predicted octanol–water partition coefficient (Wildman–Crippen LogP) is 4.12. The molecule has 3 unspecified atom stereocenters. The Morgan fingerprint density at radius 3 is 2.06 bits per heavy atom. The summed E-state index contributed by atoms with van der Waals surface area (Å²) < 4.78 is 6.13. The summed E-state index contributed by atoms with van der Waals surface area (Å²) >= 11 is 0. The van der Waals surface area contributed by atoms with Crippen LogP contribution < -0.4 is 5.73 Å². The third kappa shape index (κ3) is 7.77. The molecule has 0 aliphatic carbocycles. The second kappa shape index (κ2) is 8.10. The van der Waals surface area contributed by atoms with Crippen molar-refractivity contribution >= 4 is 0 Å². The predicted molar refractivity (Wildman–Crippen MR) is 76.2 cm³/mol. The standard InChI is InChI=1S/C15H33NO/c1-7-8-9-10-11-12(2)17-14(13(3)16)15(4,5)6/h12-14H,7-11,16H2,1-6H3. The molecule has 0 aromatic heterocycles. The summed E-state index contributed by atoms with van der Waals surface area (Å²) in [7, 11) is 0. The van der Waals surface area contributed by atoms with Gasteiger partial charge in [-0.2, -0.15) is 0 Å². The average molecular weight is 243 g/mol. The van der Waals surface area contributed by atoms with Crippen LogP contribution in [0.5, 0.6) is 0 Å². The van der Waals surface area contributed by atoms with E-state index in [-0.39, 0.29) is 17.6 Å². The average Bonchev–Trinajstić information content (AvgIpc) is 2.19. The largest absolute Gasteiger partial charge is 0.373 e. The monoisotopic (exact) mass is 243 g/mol. The van der Waals surface area contributed by atoms with Gasteiger partial charge in [0.2, 0.25) is 0 Å². The summed E-state index contributed by atoms with van der Waals surface area (Å²) in [6.45, 7) is 13.1. The zero-order chi connectivity index (χ0) is 13.5. The molecule has 0 fully saturated rings. The highest BCUT2D eigenvalue weighted by Gasteiger charge is 2.30. The molecule has 0 amide bonds. The Kier molecular flexibility index (Phi) is 8.06. The second-order valence-electron chi connectivity index (χ2n) is 6.44. The highest BCUT2D eigenvalue weighted by atomic mass is 16.5. The van der Waals surface area contributed by atoms with Crippen LogP contribution in [0.3, 0.4) is 0 Å². The molecule has 2 heteroatoms. The molecule has 0 spiro atoms. The molecule has 0 saturated carbocycles. The number of hydrogen-bond donors (Lipinski definition) is 1. The van der Waals surface area contributed by atoms with Crippen LogP contribution in [-0.4, -0.2) is 18.2 Å². The van der Waals surface area contributed by atoms with Gasteiger partial charge in [0.1, 0.15) is 0 Å². The van der Waals surface area contributed by atoms with Gasteiger partial charge in [-0.1, -0.05) is 53.4 Å². The van der Waals surface area contributed by atoms with Gasteiger partial charge in [0.05, 0.1) is 12.2 Å². The van der Waals surface area contributed by atoms with Gasteiger partial charge < -0.3 is 10.5 Å². The van der Waals surface area contributed by atoms with Gasteiger partial charge in [0.15, 0.2) is 0 Å². The molecule has 0 saturated heterocycles. The fourth-order valence-corrected chi connectivity index (χ4v) is 2.29. The molecule has 0 bridgehead atoms. The first kappa shape index (κ1) is 16.9. The maximum atomic E-state index is 6.13. The van der Waals surface area contributed by atoms with E-state index in [0.29, 0.717) is 6.10 Å². The molecule has 0 heterocycles. The van der Waals surface area contributed by atoms with Gasteiger partial charge in [-0.3, -0.25) is 0 Å². The first-order valence-corrected chi connectivity index (χ1v) is 7.20. The molecule has 2 N–H and O–H groups in total. The molecule has 17 heavy (non-hydrogen) atoms. The van der Waals surface area contributed by atoms with Crippen molar-refractivity contribution in [1.29, 1.82) is 0 Å². The van der Waals surface area contributed by atoms with Crippen LogP contribution >= 0.6 is 0 Å². The first-order chi connectivity index (χ1) is 7.79. The molecule has 0 aliphatic rings. The normalized spacial score (nSPS) is 17.8. The molecule has 0 rings (SSSR count). The third-order valence-electron chi connectivity index (χ3n) is 3.17. The van der Waals surface area contributed by atoms with Crippen LogP contribution in [0.25, 0.3) is 0 Å². The van der Waals surface area contributed by atoms with E-state index in [1.54, 1.807) is 0 Å². The molecular formula is C15H33NO. The Bertz CT molecular complexity index is 184. The zero-order valence-electron chi connectivity index (χ0n) is 12.8. The van der Waals surface area contributed by atoms with Crippen molar-refractivity contribution < 1.29 is 4.74 Å². The minimum absolute atomic E-state index is 0.0908. The van der Waals surface area contributed by atoms with Crippen molar-refractivity contribution in [2.24, 2.45) is 11.1 Å². The van der Waals surface area contributed by atoms with Crippen molar-refractivity contribution in [3.63, 3.8) is 0 Å². The smallest absolute Gasteiger partial charge is 0.0774 e. The van der Waals surface area contributed by atoms with Crippen LogP contribution in [0.15, 0.2) is 0 Å². The summed E-state index contributed by atoms with van der Waals surface area (Å²) in [4.78, 5) is 0. The third-order valence-corrected chi connectivity index (χ3v) is 3.17. The van der Waals surface area contributed by atoms with E-state index in [4.69, 9.17) is 10.5 Å². The van der Waals surface area contributed by atoms with Gasteiger partial charge in [0.25, 0.3) is 0 Å². The lowest BCUT2D eigenvalue weighted by Gasteiger charge is -2.35. The van der Waals surface area contributed by atoms with Gasteiger partial charge in [0, 0.05) is 6.04 Å². The lowest BCUT2D eigenvalue weighted by atomic mass is 9.85. The Labute approximate surface area is 108 Å². The van der Waals surface area contributed by atoms with Crippen molar-refractivity contribution in [3.8, 4) is 0 Å². The summed E-state index contributed by atoms with van der Waals surface area (Å²) in [5, 5.41) is 0. The fourth-order valence-electron chi connectivity index (χ4n) is 2.29. The van der Waals surface area contributed by atoms with Crippen LogP contribution in [-0.2, 0) is 4.74 Å². The van der Waals surface area contributed by atoms with Crippen LogP contribution in [0.1, 0.15) is 73.6 Å². The van der Waals surface area contributed by atoms with Crippen molar-refractivity contribution in [1.82, 2.24) is 0 Å². The number of ether oxygens (including phenoxy) is 1. The lowest BCUT2D eigenvalue weighted by molar-refractivity contribution is -0.0722. The number of hydrogen-bond acceptors (Lipinski definition) is 2. The van der Waals surface area contributed by atoms with E-state index in [2.05, 4.69) is 34.6 Å². The highest BCUT2D eigenvalue weighted by molar-refractivity contribution is 4.82. The summed E-state index contributed by atoms with van der Waals surface area (Å²) in [6.07, 6.45) is 6.83. The van der Waals surface area contributed by atoms with E-state index in [9.17, 15) is 0 Å². The molecule has 0 radical (unpaired) electrons. The molecular weight excluding hydrogens is 210 g/mol. The van der Waals surface area contributed by atoms with E-state index >= 15 is 0 Å². The SMILES string of the molecule is CCCCCCC(C)OC(C(C)N)C(C)(C)C. The Morgan fingerprint density at radius 2 is 1.65 bits per heavy atom. The fraction of sp³-hybridized carbons (Fsp3) is 1.00. The van der Waals surface area contributed by atoms with Gasteiger partial charge in [-0.15, -0.1) is 0 Å². The molecule has 104 valence electrons. The topological polar surface area (TPSA) is 35.2 Å². The minimum Gasteiger partial charge on any atom is -0.373 e. The maximum absolute atomic E-state index is 6.13. The first-order valence-electron chi connectivity index (χ1n) is 7.20. The Balaban J connectivity index is 4.01. The summed E-state index contributed by atoms with van der Waals surface area (Å²) in [5.41, 5.74) is 6.14. The number of nitrogens with two attached hydrogens (primary N) is 1. The van der Waals surface area contributed by atoms with Crippen LogP contribution in [0.4, 0.5) is 0 Å². The van der Waals surface area contributed by atoms with Gasteiger partial charge in [-0.05, 0) is 25.7 Å². The van der Waals surface area contributed by atoms with Crippen molar-refractivity contribution in [2.45, 2.75) is 91.9 Å². The Hall–Kier alpha value is -0.0800. The molecule has 0 aromatic rings. The van der Waals surface area contributed by atoms with Crippen molar-refractivity contribution in [2.75, 3.05) is 0 Å². The van der Waals surface area contributed by atoms with E-state index in [1.165, 1.54) is 25.7 Å². The minimum atomic E-state index is 0.0908.